The third kappa shape index (κ3) is 6.85. The van der Waals surface area contributed by atoms with Crippen LogP contribution in [-0.2, 0) is 9.53 Å². The smallest absolute Gasteiger partial charge is 0.328 e. The lowest BCUT2D eigenvalue weighted by atomic mass is 9.97. The van der Waals surface area contributed by atoms with Crippen molar-refractivity contribution in [3.05, 3.63) is 47.9 Å². The van der Waals surface area contributed by atoms with Crippen molar-refractivity contribution < 1.29 is 33.0 Å². The number of ether oxygens (including phenoxy) is 2. The molecule has 3 heterocycles. The summed E-state index contributed by atoms with van der Waals surface area (Å²) in [5.41, 5.74) is -0.389. The summed E-state index contributed by atoms with van der Waals surface area (Å²) in [6, 6.07) is 6.71. The summed E-state index contributed by atoms with van der Waals surface area (Å²) in [6.45, 7) is 5.83. The molecule has 0 aliphatic carbocycles. The summed E-state index contributed by atoms with van der Waals surface area (Å²) in [6.07, 6.45) is 2.65. The number of benzene rings is 1. The van der Waals surface area contributed by atoms with E-state index in [2.05, 4.69) is 9.88 Å². The molecule has 10 heteroatoms. The van der Waals surface area contributed by atoms with Crippen LogP contribution in [0.15, 0.2) is 36.5 Å². The van der Waals surface area contributed by atoms with Gasteiger partial charge in [-0.05, 0) is 70.0 Å². The Morgan fingerprint density at radius 3 is 2.53 bits per heavy atom. The highest BCUT2D eigenvalue weighted by atomic mass is 19.1. The van der Waals surface area contributed by atoms with E-state index in [1.165, 1.54) is 19.2 Å². The number of aliphatic hydroxyl groups excluding tert-OH is 1. The van der Waals surface area contributed by atoms with Crippen LogP contribution < -0.4 is 4.74 Å². The summed E-state index contributed by atoms with van der Waals surface area (Å²) in [5.74, 6) is -1.08. The first-order valence-corrected chi connectivity index (χ1v) is 12.9. The normalized spacial score (nSPS) is 20.9. The second kappa shape index (κ2) is 11.7. The number of rotatable bonds is 8. The maximum Gasteiger partial charge on any atom is 0.328 e. The molecule has 2 fully saturated rings. The molecular formula is C28H35F2N3O5. The fourth-order valence-corrected chi connectivity index (χ4v) is 5.09. The van der Waals surface area contributed by atoms with Crippen LogP contribution in [0.1, 0.15) is 43.5 Å². The molecule has 1 N–H and O–H groups in total. The minimum atomic E-state index is -1.19. The average molecular weight is 532 g/mol. The van der Waals surface area contributed by atoms with Gasteiger partial charge in [-0.2, -0.15) is 0 Å². The van der Waals surface area contributed by atoms with E-state index in [1.54, 1.807) is 38.2 Å². The highest BCUT2D eigenvalue weighted by Gasteiger charge is 2.40. The fourth-order valence-electron chi connectivity index (χ4n) is 5.09. The average Bonchev–Trinajstić information content (AvgIpc) is 3.28. The number of hydrogen-bond donors (Lipinski definition) is 1. The Kier molecular flexibility index (Phi) is 8.62. The van der Waals surface area contributed by atoms with Crippen LogP contribution in [0.25, 0.3) is 11.3 Å². The number of carbonyl (C=O) groups excluding carboxylic acids is 2. The van der Waals surface area contributed by atoms with E-state index in [0.29, 0.717) is 36.1 Å². The van der Waals surface area contributed by atoms with Crippen LogP contribution in [-0.4, -0.2) is 89.5 Å². The topological polar surface area (TPSA) is 92.2 Å². The Balaban J connectivity index is 1.34. The number of piperidine rings is 1. The zero-order chi connectivity index (χ0) is 27.4. The first kappa shape index (κ1) is 27.9. The Bertz CT molecular complexity index is 1130. The number of β-amino-alcohol motifs (C(OH)–C–C–N with tert-alkyl or cyclic N) is 1. The summed E-state index contributed by atoms with van der Waals surface area (Å²) in [7, 11) is 1.20. The molecule has 2 saturated heterocycles. The lowest BCUT2D eigenvalue weighted by molar-refractivity contribution is -0.145. The number of aliphatic hydroxyl groups is 1. The maximum atomic E-state index is 15.0. The van der Waals surface area contributed by atoms with Crippen molar-refractivity contribution in [2.24, 2.45) is 5.92 Å². The lowest BCUT2D eigenvalue weighted by Crippen LogP contribution is -2.41. The van der Waals surface area contributed by atoms with Crippen LogP contribution in [0, 0.1) is 11.7 Å². The van der Waals surface area contributed by atoms with Gasteiger partial charge in [0.25, 0.3) is 5.91 Å². The summed E-state index contributed by atoms with van der Waals surface area (Å²) in [5, 5.41) is 9.93. The predicted octanol–water partition coefficient (Wildman–Crippen LogP) is 3.48. The van der Waals surface area contributed by atoms with Crippen LogP contribution >= 0.6 is 0 Å². The van der Waals surface area contributed by atoms with Gasteiger partial charge in [0.1, 0.15) is 23.3 Å². The molecule has 2 aromatic rings. The van der Waals surface area contributed by atoms with Gasteiger partial charge in [-0.15, -0.1) is 0 Å². The van der Waals surface area contributed by atoms with Crippen LogP contribution in [0.4, 0.5) is 8.78 Å². The van der Waals surface area contributed by atoms with Crippen LogP contribution in [0.3, 0.4) is 0 Å². The second-order valence-corrected chi connectivity index (χ2v) is 10.7. The first-order chi connectivity index (χ1) is 18.0. The van der Waals surface area contributed by atoms with Crippen molar-refractivity contribution in [3.63, 3.8) is 0 Å². The van der Waals surface area contributed by atoms with Gasteiger partial charge in [0.15, 0.2) is 0 Å². The zero-order valence-corrected chi connectivity index (χ0v) is 22.0. The monoisotopic (exact) mass is 531 g/mol. The number of aromatic nitrogens is 1. The third-order valence-corrected chi connectivity index (χ3v) is 7.04. The highest BCUT2D eigenvalue weighted by Crippen LogP contribution is 2.27. The molecule has 1 amide bonds. The van der Waals surface area contributed by atoms with Gasteiger partial charge in [0.2, 0.25) is 0 Å². The molecule has 206 valence electrons. The van der Waals surface area contributed by atoms with E-state index < -0.39 is 35.5 Å². The van der Waals surface area contributed by atoms with Gasteiger partial charge in [-0.25, -0.2) is 13.6 Å². The standard InChI is InChI=1S/C28H35F2N3O5/c1-28(2,30)17-32-10-8-18(9-11-32)16-38-21-5-7-24(31-14-21)19-4-6-22(23(29)12-19)26(35)33-15-20(34)13-25(33)27(36)37-3/h4-7,12,14,18,20,25,34H,8-11,13,15-17H2,1-3H3. The number of amides is 1. The highest BCUT2D eigenvalue weighted by molar-refractivity contribution is 5.97. The minimum absolute atomic E-state index is 0.0487. The number of hydrogen-bond acceptors (Lipinski definition) is 7. The summed E-state index contributed by atoms with van der Waals surface area (Å²) >= 11 is 0. The number of esters is 1. The largest absolute Gasteiger partial charge is 0.492 e. The molecule has 1 aromatic heterocycles. The van der Waals surface area contributed by atoms with E-state index in [0.717, 1.165) is 30.8 Å². The third-order valence-electron chi connectivity index (χ3n) is 7.04. The van der Waals surface area contributed by atoms with E-state index in [4.69, 9.17) is 9.47 Å². The predicted molar refractivity (Wildman–Crippen MR) is 137 cm³/mol. The number of halogens is 2. The van der Waals surface area contributed by atoms with E-state index >= 15 is 0 Å². The van der Waals surface area contributed by atoms with Gasteiger partial charge >= 0.3 is 5.97 Å². The maximum absolute atomic E-state index is 15.0. The molecule has 0 bridgehead atoms. The molecule has 8 nitrogen and oxygen atoms in total. The number of alkyl halides is 1. The van der Waals surface area contributed by atoms with Gasteiger partial charge < -0.3 is 24.4 Å². The first-order valence-electron chi connectivity index (χ1n) is 12.9. The van der Waals surface area contributed by atoms with E-state index in [9.17, 15) is 23.5 Å². The minimum Gasteiger partial charge on any atom is -0.492 e. The summed E-state index contributed by atoms with van der Waals surface area (Å²) in [4.78, 5) is 32.6. The molecule has 4 rings (SSSR count). The van der Waals surface area contributed by atoms with Gasteiger partial charge in [-0.1, -0.05) is 6.07 Å². The Morgan fingerprint density at radius 2 is 1.92 bits per heavy atom. The Labute approximate surface area is 221 Å². The van der Waals surface area contributed by atoms with Crippen molar-refractivity contribution in [1.82, 2.24) is 14.8 Å². The number of methoxy groups -OCH3 is 1. The molecule has 0 spiro atoms. The molecule has 38 heavy (non-hydrogen) atoms. The van der Waals surface area contributed by atoms with Crippen LogP contribution in [0.5, 0.6) is 5.75 Å². The van der Waals surface area contributed by atoms with Crippen molar-refractivity contribution in [2.75, 3.05) is 39.9 Å². The number of likely N-dealkylation sites (tertiary alicyclic amines) is 2. The molecular weight excluding hydrogens is 496 g/mol. The van der Waals surface area contributed by atoms with Gasteiger partial charge in [0, 0.05) is 25.1 Å². The number of carbonyl (C=O) groups is 2. The van der Waals surface area contributed by atoms with Crippen LogP contribution in [0.2, 0.25) is 0 Å². The number of pyridine rings is 1. The fraction of sp³-hybridized carbons (Fsp3) is 0.536. The zero-order valence-electron chi connectivity index (χ0n) is 22.0. The second-order valence-electron chi connectivity index (χ2n) is 10.7. The van der Waals surface area contributed by atoms with E-state index in [-0.39, 0.29) is 18.5 Å². The SMILES string of the molecule is COC(=O)C1CC(O)CN1C(=O)c1ccc(-c2ccc(OCC3CCN(CC(C)(C)F)CC3)cn2)cc1F. The molecule has 0 saturated carbocycles. The van der Waals surface area contributed by atoms with Gasteiger partial charge in [0.05, 0.1) is 37.3 Å². The molecule has 2 unspecified atom stereocenters. The molecule has 1 aromatic carbocycles. The Hall–Kier alpha value is -3.11. The van der Waals surface area contributed by atoms with Crippen molar-refractivity contribution in [3.8, 4) is 17.0 Å². The molecule has 0 radical (unpaired) electrons. The van der Waals surface area contributed by atoms with Gasteiger partial charge in [-0.3, -0.25) is 9.78 Å². The van der Waals surface area contributed by atoms with Crippen molar-refractivity contribution >= 4 is 11.9 Å². The molecule has 2 aliphatic rings. The lowest BCUT2D eigenvalue weighted by Gasteiger charge is -2.34. The van der Waals surface area contributed by atoms with Crippen molar-refractivity contribution in [1.29, 1.82) is 0 Å². The quantitative estimate of drug-likeness (QED) is 0.522. The molecule has 2 atom stereocenters. The van der Waals surface area contributed by atoms with E-state index in [1.807, 2.05) is 0 Å². The summed E-state index contributed by atoms with van der Waals surface area (Å²) < 4.78 is 39.5. The molecule has 2 aliphatic heterocycles. The Morgan fingerprint density at radius 1 is 1.18 bits per heavy atom. The number of nitrogens with zero attached hydrogens (tertiary/aromatic N) is 3. The van der Waals surface area contributed by atoms with Crippen molar-refractivity contribution in [2.45, 2.75) is 50.9 Å².